The lowest BCUT2D eigenvalue weighted by Gasteiger charge is -2.04. The second kappa shape index (κ2) is 7.17. The van der Waals surface area contributed by atoms with Crippen LogP contribution in [-0.4, -0.2) is 11.1 Å². The first kappa shape index (κ1) is 13.8. The molecule has 0 atom stereocenters. The summed E-state index contributed by atoms with van der Waals surface area (Å²) >= 11 is 6.58. The summed E-state index contributed by atoms with van der Waals surface area (Å²) in [6, 6.07) is 4.57. The van der Waals surface area contributed by atoms with Gasteiger partial charge in [-0.25, -0.2) is 4.39 Å². The number of Topliss-reactive ketones (excluding diaryl/α,β-unsaturated/α-hetero) is 1. The molecule has 0 bridgehead atoms. The van der Waals surface area contributed by atoms with Gasteiger partial charge in [0.05, 0.1) is 0 Å². The molecule has 0 unspecified atom stereocenters. The van der Waals surface area contributed by atoms with E-state index in [1.54, 1.807) is 6.07 Å². The van der Waals surface area contributed by atoms with Gasteiger partial charge in [-0.05, 0) is 30.5 Å². The molecule has 0 heterocycles. The number of hydrogen-bond acceptors (Lipinski definition) is 1. The molecule has 0 spiro atoms. The molecule has 4 heteroatoms. The molecule has 0 aromatic heterocycles. The van der Waals surface area contributed by atoms with Gasteiger partial charge in [-0.3, -0.25) is 4.79 Å². The van der Waals surface area contributed by atoms with E-state index in [1.807, 2.05) is 0 Å². The summed E-state index contributed by atoms with van der Waals surface area (Å²) in [6.07, 6.45) is 2.69. The largest absolute Gasteiger partial charge is 0.300 e. The van der Waals surface area contributed by atoms with Crippen molar-refractivity contribution >= 4 is 37.6 Å². The second-order valence-electron chi connectivity index (χ2n) is 3.57. The van der Waals surface area contributed by atoms with Gasteiger partial charge < -0.3 is 0 Å². The third-order valence-corrected chi connectivity index (χ3v) is 3.58. The Kier molecular flexibility index (Phi) is 6.21. The third-order valence-electron chi connectivity index (χ3n) is 2.28. The van der Waals surface area contributed by atoms with Crippen LogP contribution in [0.2, 0.25) is 0 Å². The molecule has 88 valence electrons. The predicted octanol–water partition coefficient (Wildman–Crippen LogP) is 4.27. The molecule has 0 saturated carbocycles. The quantitative estimate of drug-likeness (QED) is 0.699. The Labute approximate surface area is 112 Å². The molecule has 1 aromatic rings. The summed E-state index contributed by atoms with van der Waals surface area (Å²) in [4.78, 5) is 11.4. The molecule has 0 amide bonds. The van der Waals surface area contributed by atoms with Gasteiger partial charge >= 0.3 is 0 Å². The van der Waals surface area contributed by atoms with E-state index in [0.717, 1.165) is 21.8 Å². The van der Waals surface area contributed by atoms with Crippen LogP contribution in [0.5, 0.6) is 0 Å². The van der Waals surface area contributed by atoms with E-state index in [9.17, 15) is 9.18 Å². The Hall–Kier alpha value is -0.220. The summed E-state index contributed by atoms with van der Waals surface area (Å²) in [7, 11) is 0. The molecule has 16 heavy (non-hydrogen) atoms. The molecule has 0 aliphatic rings. The number of benzene rings is 1. The molecular formula is C12H13Br2FO. The van der Waals surface area contributed by atoms with Crippen LogP contribution >= 0.6 is 31.9 Å². The van der Waals surface area contributed by atoms with Crippen LogP contribution in [0.25, 0.3) is 0 Å². The van der Waals surface area contributed by atoms with Crippen molar-refractivity contribution in [2.45, 2.75) is 25.7 Å². The van der Waals surface area contributed by atoms with E-state index >= 15 is 0 Å². The van der Waals surface area contributed by atoms with Gasteiger partial charge in [0, 0.05) is 22.6 Å². The van der Waals surface area contributed by atoms with Gasteiger partial charge in [-0.2, -0.15) is 0 Å². The Morgan fingerprint density at radius 3 is 2.69 bits per heavy atom. The second-order valence-corrected chi connectivity index (χ2v) is 5.21. The van der Waals surface area contributed by atoms with Gasteiger partial charge in [0.2, 0.25) is 0 Å². The number of ketones is 1. The summed E-state index contributed by atoms with van der Waals surface area (Å²) in [5.74, 6) is -0.00286. The average molecular weight is 352 g/mol. The van der Waals surface area contributed by atoms with Crippen LogP contribution in [0.1, 0.15) is 24.8 Å². The van der Waals surface area contributed by atoms with E-state index in [1.165, 1.54) is 12.1 Å². The van der Waals surface area contributed by atoms with Crippen LogP contribution < -0.4 is 0 Å². The number of alkyl halides is 1. The maximum absolute atomic E-state index is 12.8. The van der Waals surface area contributed by atoms with Crippen LogP contribution in [0.4, 0.5) is 4.39 Å². The summed E-state index contributed by atoms with van der Waals surface area (Å²) in [6.45, 7) is 0. The Morgan fingerprint density at radius 2 is 2.06 bits per heavy atom. The predicted molar refractivity (Wildman–Crippen MR) is 70.5 cm³/mol. The molecule has 0 aliphatic heterocycles. The van der Waals surface area contributed by atoms with Crippen LogP contribution in [0.15, 0.2) is 22.7 Å². The average Bonchev–Trinajstić information content (AvgIpc) is 2.25. The van der Waals surface area contributed by atoms with Crippen LogP contribution in [-0.2, 0) is 11.2 Å². The molecule has 0 radical (unpaired) electrons. The highest BCUT2D eigenvalue weighted by atomic mass is 79.9. The first-order chi connectivity index (χ1) is 7.63. The molecule has 0 N–H and O–H groups in total. The maximum Gasteiger partial charge on any atom is 0.133 e. The van der Waals surface area contributed by atoms with E-state index in [0.29, 0.717) is 19.3 Å². The number of carbonyl (C=O) groups is 1. The number of halogens is 3. The monoisotopic (exact) mass is 350 g/mol. The Balaban J connectivity index is 2.45. The van der Waals surface area contributed by atoms with E-state index in [2.05, 4.69) is 31.9 Å². The fourth-order valence-corrected chi connectivity index (χ4v) is 2.22. The summed E-state index contributed by atoms with van der Waals surface area (Å²) in [5, 5.41) is 0.860. The van der Waals surface area contributed by atoms with Gasteiger partial charge in [-0.1, -0.05) is 37.9 Å². The Morgan fingerprint density at radius 1 is 1.31 bits per heavy atom. The molecular weight excluding hydrogens is 339 g/mol. The minimum Gasteiger partial charge on any atom is -0.300 e. The molecule has 0 fully saturated rings. The normalized spacial score (nSPS) is 10.4. The highest BCUT2D eigenvalue weighted by molar-refractivity contribution is 9.10. The first-order valence-electron chi connectivity index (χ1n) is 5.15. The number of hydrogen-bond donors (Lipinski definition) is 0. The van der Waals surface area contributed by atoms with Gasteiger partial charge in [-0.15, -0.1) is 0 Å². The zero-order chi connectivity index (χ0) is 12.0. The number of rotatable bonds is 6. The summed E-state index contributed by atoms with van der Waals surface area (Å²) < 4.78 is 13.5. The first-order valence-corrected chi connectivity index (χ1v) is 7.06. The lowest BCUT2D eigenvalue weighted by atomic mass is 10.1. The van der Waals surface area contributed by atoms with Crippen LogP contribution in [0, 0.1) is 5.82 Å². The standard InChI is InChI=1S/C12H13Br2FO/c13-7-1-2-11(16)6-4-9-3-5-10(15)8-12(9)14/h3,5,8H,1-2,4,6-7H2. The molecule has 1 nitrogen and oxygen atoms in total. The molecule has 0 aliphatic carbocycles. The molecule has 1 aromatic carbocycles. The van der Waals surface area contributed by atoms with Crippen LogP contribution in [0.3, 0.4) is 0 Å². The van der Waals surface area contributed by atoms with Crippen molar-refractivity contribution in [3.05, 3.63) is 34.1 Å². The fourth-order valence-electron chi connectivity index (χ4n) is 1.39. The SMILES string of the molecule is O=C(CCCBr)CCc1ccc(F)cc1Br. The summed E-state index contributed by atoms with van der Waals surface area (Å²) in [5.41, 5.74) is 0.980. The fraction of sp³-hybridized carbons (Fsp3) is 0.417. The highest BCUT2D eigenvalue weighted by Crippen LogP contribution is 2.19. The lowest BCUT2D eigenvalue weighted by molar-refractivity contribution is -0.119. The number of carbonyl (C=O) groups excluding carboxylic acids is 1. The minimum absolute atomic E-state index is 0.260. The lowest BCUT2D eigenvalue weighted by Crippen LogP contribution is -2.01. The zero-order valence-electron chi connectivity index (χ0n) is 8.81. The van der Waals surface area contributed by atoms with Gasteiger partial charge in [0.15, 0.2) is 0 Å². The topological polar surface area (TPSA) is 17.1 Å². The minimum atomic E-state index is -0.263. The van der Waals surface area contributed by atoms with Crippen molar-refractivity contribution < 1.29 is 9.18 Å². The van der Waals surface area contributed by atoms with Crippen molar-refractivity contribution in [3.8, 4) is 0 Å². The maximum atomic E-state index is 12.8. The smallest absolute Gasteiger partial charge is 0.133 e. The van der Waals surface area contributed by atoms with Crippen molar-refractivity contribution in [1.29, 1.82) is 0 Å². The van der Waals surface area contributed by atoms with E-state index in [4.69, 9.17) is 0 Å². The Bertz CT molecular complexity index is 366. The van der Waals surface area contributed by atoms with Gasteiger partial charge in [0.1, 0.15) is 11.6 Å². The highest BCUT2D eigenvalue weighted by Gasteiger charge is 2.05. The third kappa shape index (κ3) is 4.74. The van der Waals surface area contributed by atoms with Crippen molar-refractivity contribution in [2.75, 3.05) is 5.33 Å². The molecule has 0 saturated heterocycles. The number of aryl methyl sites for hydroxylation is 1. The van der Waals surface area contributed by atoms with Crippen molar-refractivity contribution in [1.82, 2.24) is 0 Å². The van der Waals surface area contributed by atoms with E-state index in [-0.39, 0.29) is 11.6 Å². The van der Waals surface area contributed by atoms with Gasteiger partial charge in [0.25, 0.3) is 0 Å². The van der Waals surface area contributed by atoms with E-state index < -0.39 is 0 Å². The van der Waals surface area contributed by atoms with Crippen molar-refractivity contribution in [3.63, 3.8) is 0 Å². The molecule has 1 rings (SSSR count). The zero-order valence-corrected chi connectivity index (χ0v) is 12.0. The van der Waals surface area contributed by atoms with Crippen molar-refractivity contribution in [2.24, 2.45) is 0 Å².